The van der Waals surface area contributed by atoms with Gasteiger partial charge in [0.15, 0.2) is 5.13 Å². The maximum atomic E-state index is 13.3. The molecule has 0 fully saturated rings. The van der Waals surface area contributed by atoms with Gasteiger partial charge in [0, 0.05) is 33.4 Å². The number of dihydropyridines is 1. The highest BCUT2D eigenvalue weighted by Gasteiger charge is 2.35. The summed E-state index contributed by atoms with van der Waals surface area (Å²) >= 11 is 4.05. The number of carbonyl (C=O) groups is 2. The van der Waals surface area contributed by atoms with Gasteiger partial charge in [-0.1, -0.05) is 36.0 Å². The number of thioether (sulfide) groups is 1. The van der Waals surface area contributed by atoms with Gasteiger partial charge in [0.05, 0.1) is 28.3 Å². The van der Waals surface area contributed by atoms with Gasteiger partial charge in [0.2, 0.25) is 5.91 Å². The van der Waals surface area contributed by atoms with Crippen LogP contribution in [0.3, 0.4) is 0 Å². The van der Waals surface area contributed by atoms with Crippen LogP contribution in [-0.2, 0) is 9.59 Å². The minimum Gasteiger partial charge on any atom is -0.353 e. The Bertz CT molecular complexity index is 1240. The molecule has 2 amide bonds. The average Bonchev–Trinajstić information content (AvgIpc) is 3.52. The number of rotatable bonds is 7. The Balaban J connectivity index is 1.60. The van der Waals surface area contributed by atoms with E-state index in [1.54, 1.807) is 11.6 Å². The van der Waals surface area contributed by atoms with Crippen LogP contribution < -0.4 is 16.0 Å². The summed E-state index contributed by atoms with van der Waals surface area (Å²) in [4.78, 5) is 30.6. The molecule has 10 heteroatoms. The van der Waals surface area contributed by atoms with E-state index >= 15 is 0 Å². The lowest BCUT2D eigenvalue weighted by molar-refractivity contribution is -0.114. The highest BCUT2D eigenvalue weighted by molar-refractivity contribution is 8.03. The van der Waals surface area contributed by atoms with Crippen LogP contribution in [0.2, 0.25) is 0 Å². The van der Waals surface area contributed by atoms with Crippen molar-refractivity contribution in [2.45, 2.75) is 12.8 Å². The van der Waals surface area contributed by atoms with Crippen molar-refractivity contribution in [2.24, 2.45) is 0 Å². The molecular formula is C23H19N5O2S3. The predicted molar refractivity (Wildman–Crippen MR) is 134 cm³/mol. The van der Waals surface area contributed by atoms with E-state index in [1.165, 1.54) is 34.4 Å². The number of para-hydroxylation sites is 1. The van der Waals surface area contributed by atoms with Crippen molar-refractivity contribution >= 4 is 57.1 Å². The second-order valence-electron chi connectivity index (χ2n) is 6.96. The van der Waals surface area contributed by atoms with Crippen LogP contribution >= 0.6 is 34.4 Å². The van der Waals surface area contributed by atoms with Gasteiger partial charge in [0.1, 0.15) is 0 Å². The lowest BCUT2D eigenvalue weighted by Gasteiger charge is -2.29. The van der Waals surface area contributed by atoms with Gasteiger partial charge >= 0.3 is 0 Å². The van der Waals surface area contributed by atoms with Crippen molar-refractivity contribution in [3.63, 3.8) is 0 Å². The number of thiazole rings is 1. The third-order valence-corrected chi connectivity index (χ3v) is 7.42. The lowest BCUT2D eigenvalue weighted by atomic mass is 9.86. The number of benzene rings is 1. The third-order valence-electron chi connectivity index (χ3n) is 4.78. The summed E-state index contributed by atoms with van der Waals surface area (Å²) in [6.07, 6.45) is 1.62. The van der Waals surface area contributed by atoms with Crippen LogP contribution in [0.4, 0.5) is 10.8 Å². The summed E-state index contributed by atoms with van der Waals surface area (Å²) in [5.41, 5.74) is 2.21. The monoisotopic (exact) mass is 493 g/mol. The molecular weight excluding hydrogens is 474 g/mol. The van der Waals surface area contributed by atoms with Crippen molar-refractivity contribution in [2.75, 3.05) is 16.4 Å². The Morgan fingerprint density at radius 2 is 1.97 bits per heavy atom. The number of nitriles is 1. The number of amides is 2. The molecule has 0 unspecified atom stereocenters. The Morgan fingerprint density at radius 1 is 1.15 bits per heavy atom. The zero-order valence-electron chi connectivity index (χ0n) is 17.5. The number of hydrogen-bond acceptors (Lipinski definition) is 8. The fourth-order valence-electron chi connectivity index (χ4n) is 3.37. The zero-order valence-corrected chi connectivity index (χ0v) is 19.9. The number of aromatic nitrogens is 1. The molecule has 0 spiro atoms. The highest BCUT2D eigenvalue weighted by Crippen LogP contribution is 2.42. The Labute approximate surface area is 203 Å². The van der Waals surface area contributed by atoms with Gasteiger partial charge in [-0.25, -0.2) is 4.98 Å². The largest absolute Gasteiger partial charge is 0.353 e. The predicted octanol–water partition coefficient (Wildman–Crippen LogP) is 4.91. The van der Waals surface area contributed by atoms with E-state index in [0.717, 1.165) is 4.88 Å². The average molecular weight is 494 g/mol. The van der Waals surface area contributed by atoms with E-state index in [9.17, 15) is 14.9 Å². The summed E-state index contributed by atoms with van der Waals surface area (Å²) in [6.45, 7) is 1.81. The van der Waals surface area contributed by atoms with E-state index in [1.807, 2.05) is 54.8 Å². The number of carbonyl (C=O) groups excluding carboxylic acids is 2. The van der Waals surface area contributed by atoms with Gasteiger partial charge < -0.3 is 16.0 Å². The number of nitrogens with zero attached hydrogens (tertiary/aromatic N) is 2. The Hall–Kier alpha value is -3.39. The first-order valence-corrected chi connectivity index (χ1v) is 12.6. The quantitative estimate of drug-likeness (QED) is 0.432. The van der Waals surface area contributed by atoms with Gasteiger partial charge in [-0.05, 0) is 30.5 Å². The topological polar surface area (TPSA) is 107 Å². The smallest absolute Gasteiger partial charge is 0.254 e. The van der Waals surface area contributed by atoms with E-state index in [-0.39, 0.29) is 17.6 Å². The Morgan fingerprint density at radius 3 is 2.64 bits per heavy atom. The molecule has 7 nitrogen and oxygen atoms in total. The van der Waals surface area contributed by atoms with Gasteiger partial charge in [0.25, 0.3) is 5.91 Å². The minimum atomic E-state index is -0.524. The number of hydrogen-bond donors (Lipinski definition) is 3. The summed E-state index contributed by atoms with van der Waals surface area (Å²) < 4.78 is 0. The molecule has 1 atom stereocenters. The normalized spacial score (nSPS) is 15.6. The van der Waals surface area contributed by atoms with Crippen LogP contribution in [0.1, 0.15) is 17.7 Å². The number of nitrogens with one attached hydrogen (secondary N) is 3. The van der Waals surface area contributed by atoms with Crippen LogP contribution in [0, 0.1) is 11.3 Å². The number of anilines is 2. The highest BCUT2D eigenvalue weighted by atomic mass is 32.2. The first-order valence-electron chi connectivity index (χ1n) is 9.91. The number of thiophene rings is 1. The summed E-state index contributed by atoms with van der Waals surface area (Å²) in [5, 5.41) is 23.7. The fraction of sp³-hybridized carbons (Fsp3) is 0.130. The van der Waals surface area contributed by atoms with E-state index in [0.29, 0.717) is 32.7 Å². The molecule has 0 radical (unpaired) electrons. The van der Waals surface area contributed by atoms with E-state index in [4.69, 9.17) is 0 Å². The summed E-state index contributed by atoms with van der Waals surface area (Å²) in [5.74, 6) is -0.917. The SMILES string of the molecule is CC1=C(C(=O)Nc2ccccc2)[C@@H](c2cccs2)C(C#N)=C(SCC(=O)Nc2nccs2)N1. The van der Waals surface area contributed by atoms with Gasteiger partial charge in [-0.3, -0.25) is 9.59 Å². The number of allylic oxidation sites excluding steroid dienone is 2. The standard InChI is InChI=1S/C23H19N5O2S3/c1-14-19(21(30)27-15-6-3-2-4-7-15)20(17-8-5-10-31-17)16(12-24)22(26-14)33-13-18(29)28-23-25-9-11-32-23/h2-11,20,26H,13H2,1H3,(H,27,30)(H,25,28,29)/t20-/m1/s1. The molecule has 33 heavy (non-hydrogen) atoms. The molecule has 3 N–H and O–H groups in total. The maximum Gasteiger partial charge on any atom is 0.254 e. The molecule has 1 aliphatic heterocycles. The van der Waals surface area contributed by atoms with Crippen LogP contribution in [-0.4, -0.2) is 22.6 Å². The minimum absolute atomic E-state index is 0.100. The second-order valence-corrected chi connectivity index (χ2v) is 9.82. The van der Waals surface area contributed by atoms with Crippen LogP contribution in [0.5, 0.6) is 0 Å². The molecule has 3 aromatic rings. The first kappa shape index (κ1) is 22.8. The molecule has 0 bridgehead atoms. The second kappa shape index (κ2) is 10.5. The Kier molecular flexibility index (Phi) is 7.24. The molecule has 3 heterocycles. The molecule has 0 saturated heterocycles. The maximum absolute atomic E-state index is 13.3. The zero-order chi connectivity index (χ0) is 23.2. The van der Waals surface area contributed by atoms with Crippen molar-refractivity contribution < 1.29 is 9.59 Å². The molecule has 0 saturated carbocycles. The summed E-state index contributed by atoms with van der Waals surface area (Å²) in [6, 6.07) is 15.3. The lowest BCUT2D eigenvalue weighted by Crippen LogP contribution is -2.30. The van der Waals surface area contributed by atoms with Crippen molar-refractivity contribution in [3.8, 4) is 6.07 Å². The van der Waals surface area contributed by atoms with E-state index in [2.05, 4.69) is 27.0 Å². The molecule has 166 valence electrons. The fourth-order valence-corrected chi connectivity index (χ4v) is 5.65. The molecule has 2 aromatic heterocycles. The molecule has 1 aliphatic rings. The van der Waals surface area contributed by atoms with Crippen LogP contribution in [0.25, 0.3) is 0 Å². The van der Waals surface area contributed by atoms with Gasteiger partial charge in [-0.15, -0.1) is 22.7 Å². The van der Waals surface area contributed by atoms with Gasteiger partial charge in [-0.2, -0.15) is 5.26 Å². The molecule has 4 rings (SSSR count). The van der Waals surface area contributed by atoms with Crippen molar-refractivity contribution in [1.29, 1.82) is 5.26 Å². The van der Waals surface area contributed by atoms with Crippen molar-refractivity contribution in [1.82, 2.24) is 10.3 Å². The van der Waals surface area contributed by atoms with E-state index < -0.39 is 5.92 Å². The first-order chi connectivity index (χ1) is 16.1. The van der Waals surface area contributed by atoms with Crippen LogP contribution in [0.15, 0.2) is 81.3 Å². The third kappa shape index (κ3) is 5.34. The summed E-state index contributed by atoms with van der Waals surface area (Å²) in [7, 11) is 0. The molecule has 0 aliphatic carbocycles. The molecule has 1 aromatic carbocycles. The van der Waals surface area contributed by atoms with Crippen molar-refractivity contribution in [3.05, 3.63) is 86.2 Å².